The molecule has 11 nitrogen and oxygen atoms in total. The number of rotatable bonds is 15. The molecule has 46 heavy (non-hydrogen) atoms. The van der Waals surface area contributed by atoms with Crippen LogP contribution in [0, 0.1) is 10.1 Å². The number of carbonyl (C=O) groups is 2. The number of aliphatic hydroxyl groups is 1. The average molecular weight is 672 g/mol. The number of allylic oxidation sites excluding steroid dienone is 2. The molecule has 1 heterocycles. The quantitative estimate of drug-likeness (QED) is 0.101. The van der Waals surface area contributed by atoms with Crippen molar-refractivity contribution in [1.82, 2.24) is 10.6 Å². The molecule has 0 fully saturated rings. The Morgan fingerprint density at radius 2 is 1.74 bits per heavy atom. The minimum absolute atomic E-state index is 0. The first-order valence-corrected chi connectivity index (χ1v) is 14.3. The second-order valence-electron chi connectivity index (χ2n) is 10.3. The van der Waals surface area contributed by atoms with E-state index in [0.29, 0.717) is 25.0 Å². The lowest BCUT2D eigenvalue weighted by molar-refractivity contribution is -0.385. The lowest BCUT2D eigenvalue weighted by Gasteiger charge is -2.31. The number of halogens is 4. The number of esters is 2. The number of methoxy groups -OCH3 is 1. The monoisotopic (exact) mass is 671 g/mol. The lowest BCUT2D eigenvalue weighted by atomic mass is 9.79. The summed E-state index contributed by atoms with van der Waals surface area (Å²) in [5, 5.41) is 27.4. The van der Waals surface area contributed by atoms with Crippen LogP contribution in [-0.4, -0.2) is 67.2 Å². The Bertz CT molecular complexity index is 1420. The molecule has 3 rings (SSSR count). The Morgan fingerprint density at radius 3 is 2.35 bits per heavy atom. The van der Waals surface area contributed by atoms with E-state index in [2.05, 4.69) is 15.4 Å². The summed E-state index contributed by atoms with van der Waals surface area (Å²) in [5.41, 5.74) is -4.03. The SMILES string of the molecule is CCC(CCCOC(=O)C1=C(C)NC(C(F)(F)F)=C(C(=O)OC)C1c1ccccc1[N+](=O)[O-])NCC(O)COc1ccccc1.Cl. The normalized spacial score (nSPS) is 16.1. The van der Waals surface area contributed by atoms with Gasteiger partial charge in [0.1, 0.15) is 24.2 Å². The zero-order chi connectivity index (χ0) is 33.1. The summed E-state index contributed by atoms with van der Waals surface area (Å²) < 4.78 is 57.9. The van der Waals surface area contributed by atoms with Crippen molar-refractivity contribution in [3.8, 4) is 5.75 Å². The van der Waals surface area contributed by atoms with Crippen LogP contribution in [-0.2, 0) is 19.1 Å². The molecule has 0 saturated heterocycles. The summed E-state index contributed by atoms with van der Waals surface area (Å²) in [7, 11) is 0.871. The van der Waals surface area contributed by atoms with E-state index in [-0.39, 0.29) is 55.0 Å². The molecule has 0 radical (unpaired) electrons. The maximum absolute atomic E-state index is 14.1. The Kier molecular flexibility index (Phi) is 14.5. The van der Waals surface area contributed by atoms with E-state index in [1.807, 2.05) is 25.1 Å². The molecule has 0 spiro atoms. The largest absolute Gasteiger partial charge is 0.491 e. The minimum atomic E-state index is -5.08. The molecule has 1 aliphatic rings. The van der Waals surface area contributed by atoms with Crippen molar-refractivity contribution < 1.29 is 47.0 Å². The van der Waals surface area contributed by atoms with Gasteiger partial charge in [-0.05, 0) is 38.3 Å². The molecule has 3 unspecified atom stereocenters. The minimum Gasteiger partial charge on any atom is -0.491 e. The van der Waals surface area contributed by atoms with E-state index in [1.165, 1.54) is 25.1 Å². The van der Waals surface area contributed by atoms with Crippen LogP contribution in [0.5, 0.6) is 5.75 Å². The number of para-hydroxylation sites is 2. The zero-order valence-electron chi connectivity index (χ0n) is 25.5. The number of hydrogen-bond acceptors (Lipinski definition) is 10. The maximum Gasteiger partial charge on any atom is 0.431 e. The number of nitro groups is 1. The lowest BCUT2D eigenvalue weighted by Crippen LogP contribution is -2.38. The van der Waals surface area contributed by atoms with Crippen molar-refractivity contribution >= 4 is 30.0 Å². The van der Waals surface area contributed by atoms with Crippen LogP contribution in [0.25, 0.3) is 0 Å². The Balaban J connectivity index is 0.00000736. The van der Waals surface area contributed by atoms with Gasteiger partial charge in [-0.1, -0.05) is 43.3 Å². The van der Waals surface area contributed by atoms with Crippen LogP contribution in [0.4, 0.5) is 18.9 Å². The number of alkyl halides is 3. The predicted molar refractivity (Wildman–Crippen MR) is 164 cm³/mol. The van der Waals surface area contributed by atoms with Crippen molar-refractivity contribution in [2.75, 3.05) is 26.9 Å². The van der Waals surface area contributed by atoms with E-state index in [0.717, 1.165) is 13.2 Å². The molecular weight excluding hydrogens is 635 g/mol. The fourth-order valence-electron chi connectivity index (χ4n) is 4.95. The number of nitrogens with zero attached hydrogens (tertiary/aromatic N) is 1. The van der Waals surface area contributed by atoms with Gasteiger partial charge in [-0.15, -0.1) is 12.4 Å². The van der Waals surface area contributed by atoms with Crippen molar-refractivity contribution in [1.29, 1.82) is 0 Å². The van der Waals surface area contributed by atoms with Gasteiger partial charge in [0.05, 0.1) is 35.7 Å². The second kappa shape index (κ2) is 17.5. The molecule has 2 aromatic rings. The van der Waals surface area contributed by atoms with Crippen LogP contribution in [0.3, 0.4) is 0 Å². The van der Waals surface area contributed by atoms with Crippen molar-refractivity contribution in [3.05, 3.63) is 92.8 Å². The number of dihydropyridines is 1. The highest BCUT2D eigenvalue weighted by molar-refractivity contribution is 6.00. The van der Waals surface area contributed by atoms with E-state index in [9.17, 15) is 38.0 Å². The number of ether oxygens (including phenoxy) is 3. The topological polar surface area (TPSA) is 149 Å². The second-order valence-corrected chi connectivity index (χ2v) is 10.3. The summed E-state index contributed by atoms with van der Waals surface area (Å²) in [6.07, 6.45) is -4.26. The van der Waals surface area contributed by atoms with Gasteiger partial charge in [0.15, 0.2) is 0 Å². The number of aliphatic hydroxyl groups excluding tert-OH is 1. The number of nitro benzene ring substituents is 1. The van der Waals surface area contributed by atoms with E-state index >= 15 is 0 Å². The third-order valence-corrected chi connectivity index (χ3v) is 7.17. The molecule has 3 N–H and O–H groups in total. The van der Waals surface area contributed by atoms with Gasteiger partial charge in [-0.3, -0.25) is 10.1 Å². The number of benzene rings is 2. The highest BCUT2D eigenvalue weighted by Crippen LogP contribution is 2.45. The molecule has 0 aliphatic carbocycles. The molecular formula is C31H37ClF3N3O8. The molecule has 252 valence electrons. The Labute approximate surface area is 270 Å². The van der Waals surface area contributed by atoms with Crippen LogP contribution in [0.15, 0.2) is 77.1 Å². The molecule has 0 aromatic heterocycles. The van der Waals surface area contributed by atoms with Gasteiger partial charge < -0.3 is 30.0 Å². The number of hydrogen-bond donors (Lipinski definition) is 3. The summed E-state index contributed by atoms with van der Waals surface area (Å²) in [5.74, 6) is -3.62. The van der Waals surface area contributed by atoms with Crippen LogP contribution in [0.2, 0.25) is 0 Å². The first kappa shape index (κ1) is 38.0. The standard InChI is InChI=1S/C31H36F3N3O8.ClH/c1-4-20(35-17-21(38)18-45-22-12-6-5-7-13-22)11-10-16-44-30(40)25-19(2)36-28(31(32,33)34)27(29(39)43-3)26(25)23-14-8-9-15-24(23)37(41)42;/h5-9,12-15,20-21,26,35-36,38H,4,10-11,16-18H2,1-3H3;1H. The van der Waals surface area contributed by atoms with Crippen molar-refractivity contribution in [3.63, 3.8) is 0 Å². The third kappa shape index (κ3) is 9.93. The highest BCUT2D eigenvalue weighted by atomic mass is 35.5. The molecule has 3 atom stereocenters. The van der Waals surface area contributed by atoms with Gasteiger partial charge in [-0.25, -0.2) is 9.59 Å². The summed E-state index contributed by atoms with van der Waals surface area (Å²) >= 11 is 0. The van der Waals surface area contributed by atoms with Gasteiger partial charge in [0, 0.05) is 29.9 Å². The maximum atomic E-state index is 14.1. The van der Waals surface area contributed by atoms with E-state index < -0.39 is 52.0 Å². The smallest absolute Gasteiger partial charge is 0.431 e. The third-order valence-electron chi connectivity index (χ3n) is 7.17. The van der Waals surface area contributed by atoms with Crippen LogP contribution in [0.1, 0.15) is 44.6 Å². The van der Waals surface area contributed by atoms with Gasteiger partial charge in [-0.2, -0.15) is 13.2 Å². The van der Waals surface area contributed by atoms with Gasteiger partial charge >= 0.3 is 18.1 Å². The predicted octanol–water partition coefficient (Wildman–Crippen LogP) is 5.10. The van der Waals surface area contributed by atoms with Crippen LogP contribution >= 0.6 is 12.4 Å². The molecule has 15 heteroatoms. The van der Waals surface area contributed by atoms with E-state index in [4.69, 9.17) is 9.47 Å². The fourth-order valence-corrected chi connectivity index (χ4v) is 4.95. The zero-order valence-corrected chi connectivity index (χ0v) is 26.3. The molecule has 1 aliphatic heterocycles. The molecule has 0 amide bonds. The van der Waals surface area contributed by atoms with Gasteiger partial charge in [0.2, 0.25) is 0 Å². The summed E-state index contributed by atoms with van der Waals surface area (Å²) in [6, 6.07) is 13.9. The molecule has 2 aromatic carbocycles. The summed E-state index contributed by atoms with van der Waals surface area (Å²) in [4.78, 5) is 37.2. The van der Waals surface area contributed by atoms with E-state index in [1.54, 1.807) is 12.1 Å². The first-order chi connectivity index (χ1) is 21.4. The number of nitrogens with one attached hydrogen (secondary N) is 2. The van der Waals surface area contributed by atoms with Crippen molar-refractivity contribution in [2.24, 2.45) is 0 Å². The van der Waals surface area contributed by atoms with Crippen molar-refractivity contribution in [2.45, 2.75) is 57.3 Å². The van der Waals surface area contributed by atoms with Crippen LogP contribution < -0.4 is 15.4 Å². The highest BCUT2D eigenvalue weighted by Gasteiger charge is 2.48. The Hall–Kier alpha value is -4.14. The first-order valence-electron chi connectivity index (χ1n) is 14.3. The fraction of sp³-hybridized carbons (Fsp3) is 0.419. The number of carbonyl (C=O) groups excluding carboxylic acids is 2. The average Bonchev–Trinajstić information content (AvgIpc) is 3.02. The van der Waals surface area contributed by atoms with Gasteiger partial charge in [0.25, 0.3) is 5.69 Å². The molecule has 0 saturated carbocycles. The molecule has 0 bridgehead atoms. The summed E-state index contributed by atoms with van der Waals surface area (Å²) in [6.45, 7) is 3.36. The Morgan fingerprint density at radius 1 is 1.09 bits per heavy atom.